The minimum atomic E-state index is -0.589. The number of carbonyl (C=O) groups excluding carboxylic acids is 1. The van der Waals surface area contributed by atoms with E-state index in [0.29, 0.717) is 18.4 Å². The third-order valence-corrected chi connectivity index (χ3v) is 6.46. The number of nitrogens with zero attached hydrogens (tertiary/aromatic N) is 4. The van der Waals surface area contributed by atoms with Crippen LogP contribution in [0.3, 0.4) is 0 Å². The number of nitro groups is 1. The number of hydrogen-bond acceptors (Lipinski definition) is 7. The lowest BCUT2D eigenvalue weighted by atomic mass is 9.86. The molecule has 2 N–H and O–H groups in total. The average Bonchev–Trinajstić information content (AvgIpc) is 2.83. The Balaban J connectivity index is 1.31. The molecular formula is C24H27ClN6O3. The number of nitro benzene ring substituents is 1. The zero-order chi connectivity index (χ0) is 24.2. The number of benzene rings is 2. The van der Waals surface area contributed by atoms with Crippen molar-refractivity contribution in [1.82, 2.24) is 15.3 Å². The van der Waals surface area contributed by atoms with Gasteiger partial charge in [0.15, 0.2) is 0 Å². The predicted molar refractivity (Wildman–Crippen MR) is 134 cm³/mol. The number of hydrogen-bond donors (Lipinski definition) is 2. The first-order chi connectivity index (χ1) is 16.3. The van der Waals surface area contributed by atoms with E-state index in [-0.39, 0.29) is 28.2 Å². The Morgan fingerprint density at radius 1 is 1.15 bits per heavy atom. The zero-order valence-corrected chi connectivity index (χ0v) is 19.9. The van der Waals surface area contributed by atoms with Gasteiger partial charge >= 0.3 is 0 Å². The molecule has 10 heteroatoms. The van der Waals surface area contributed by atoms with Crippen LogP contribution in [0.1, 0.15) is 36.0 Å². The number of amides is 1. The van der Waals surface area contributed by atoms with Crippen molar-refractivity contribution in [2.45, 2.75) is 31.7 Å². The van der Waals surface area contributed by atoms with E-state index >= 15 is 0 Å². The number of anilines is 2. The van der Waals surface area contributed by atoms with Crippen molar-refractivity contribution in [2.24, 2.45) is 5.92 Å². The lowest BCUT2D eigenvalue weighted by Crippen LogP contribution is -2.34. The third kappa shape index (κ3) is 5.36. The second-order valence-electron chi connectivity index (χ2n) is 8.78. The molecule has 0 spiro atoms. The van der Waals surface area contributed by atoms with Gasteiger partial charge in [-0.25, -0.2) is 4.98 Å². The van der Waals surface area contributed by atoms with Crippen LogP contribution in [0.15, 0.2) is 42.5 Å². The lowest BCUT2D eigenvalue weighted by Gasteiger charge is -2.29. The lowest BCUT2D eigenvalue weighted by molar-refractivity contribution is -0.384. The van der Waals surface area contributed by atoms with Crippen molar-refractivity contribution in [3.05, 3.63) is 63.2 Å². The van der Waals surface area contributed by atoms with E-state index in [4.69, 9.17) is 16.6 Å². The van der Waals surface area contributed by atoms with Gasteiger partial charge < -0.3 is 15.5 Å². The molecule has 3 aromatic rings. The number of fused-ring (bicyclic) bond motifs is 1. The topological polar surface area (TPSA) is 113 Å². The Bertz CT molecular complexity index is 1210. The molecule has 0 radical (unpaired) electrons. The fourth-order valence-electron chi connectivity index (χ4n) is 4.29. The normalized spacial score (nSPS) is 17.9. The summed E-state index contributed by atoms with van der Waals surface area (Å²) < 4.78 is 0. The summed E-state index contributed by atoms with van der Waals surface area (Å²) in [6, 6.07) is 12.3. The molecular weight excluding hydrogens is 456 g/mol. The van der Waals surface area contributed by atoms with Gasteiger partial charge in [-0.15, -0.1) is 0 Å². The van der Waals surface area contributed by atoms with Gasteiger partial charge in [0.25, 0.3) is 11.6 Å². The molecule has 0 saturated heterocycles. The van der Waals surface area contributed by atoms with E-state index in [1.807, 2.05) is 43.3 Å². The molecule has 1 aliphatic carbocycles. The Hall–Kier alpha value is -3.46. The van der Waals surface area contributed by atoms with Crippen molar-refractivity contribution >= 4 is 45.9 Å². The summed E-state index contributed by atoms with van der Waals surface area (Å²) in [5.74, 6) is 1.52. The summed E-state index contributed by atoms with van der Waals surface area (Å²) in [5, 5.41) is 18.5. The SMILES string of the molecule is CN(C)c1nc(N[C@H]2CC[C@@H](CNC(=O)c3ccc(Cl)c([N+](=O)[O-])c3)CC2)nc2ccccc12. The second kappa shape index (κ2) is 10.2. The van der Waals surface area contributed by atoms with Crippen molar-refractivity contribution in [1.29, 1.82) is 0 Å². The molecule has 1 heterocycles. The highest BCUT2D eigenvalue weighted by Gasteiger charge is 2.23. The molecule has 1 fully saturated rings. The Morgan fingerprint density at radius 3 is 2.59 bits per heavy atom. The van der Waals surface area contributed by atoms with Gasteiger partial charge in [-0.2, -0.15) is 4.98 Å². The largest absolute Gasteiger partial charge is 0.362 e. The minimum Gasteiger partial charge on any atom is -0.362 e. The molecule has 0 bridgehead atoms. The maximum atomic E-state index is 12.5. The van der Waals surface area contributed by atoms with Gasteiger partial charge in [-0.1, -0.05) is 23.7 Å². The van der Waals surface area contributed by atoms with Crippen LogP contribution in [-0.2, 0) is 0 Å². The van der Waals surface area contributed by atoms with E-state index in [1.54, 1.807) is 0 Å². The Morgan fingerprint density at radius 2 is 1.88 bits per heavy atom. The summed E-state index contributed by atoms with van der Waals surface area (Å²) >= 11 is 5.83. The standard InChI is InChI=1S/C24H27ClN6O3/c1-30(2)22-18-5-3-4-6-20(18)28-24(29-22)27-17-10-7-15(8-11-17)14-26-23(32)16-9-12-19(25)21(13-16)31(33)34/h3-6,9,12-13,15,17H,7-8,10-11,14H2,1-2H3,(H,26,32)(H,27,28,29)/t15-,17+. The number of aromatic nitrogens is 2. The molecule has 1 aromatic heterocycles. The van der Waals surface area contributed by atoms with Crippen LogP contribution in [0.2, 0.25) is 5.02 Å². The van der Waals surface area contributed by atoms with Gasteiger partial charge in [0, 0.05) is 43.7 Å². The first-order valence-corrected chi connectivity index (χ1v) is 11.6. The van der Waals surface area contributed by atoms with Crippen LogP contribution >= 0.6 is 11.6 Å². The molecule has 0 aliphatic heterocycles. The van der Waals surface area contributed by atoms with Crippen LogP contribution in [0.25, 0.3) is 10.9 Å². The van der Waals surface area contributed by atoms with Crippen LogP contribution in [0.4, 0.5) is 17.5 Å². The zero-order valence-electron chi connectivity index (χ0n) is 19.1. The van der Waals surface area contributed by atoms with E-state index < -0.39 is 4.92 Å². The maximum absolute atomic E-state index is 12.5. The summed E-state index contributed by atoms with van der Waals surface area (Å²) in [4.78, 5) is 34.3. The predicted octanol–water partition coefficient (Wildman–Crippen LogP) is 4.66. The number of rotatable bonds is 7. The van der Waals surface area contributed by atoms with Crippen LogP contribution in [-0.4, -0.2) is 47.5 Å². The van der Waals surface area contributed by atoms with Crippen LogP contribution in [0, 0.1) is 16.0 Å². The maximum Gasteiger partial charge on any atom is 0.288 e. The van der Waals surface area contributed by atoms with Crippen molar-refractivity contribution in [3.63, 3.8) is 0 Å². The molecule has 2 aromatic carbocycles. The number of nitrogens with one attached hydrogen (secondary N) is 2. The molecule has 9 nitrogen and oxygen atoms in total. The molecule has 4 rings (SSSR count). The van der Waals surface area contributed by atoms with E-state index in [0.717, 1.165) is 42.4 Å². The Kier molecular flexibility index (Phi) is 7.12. The van der Waals surface area contributed by atoms with Gasteiger partial charge in [0.1, 0.15) is 10.8 Å². The van der Waals surface area contributed by atoms with Crippen LogP contribution < -0.4 is 15.5 Å². The number of halogens is 1. The first kappa shape index (κ1) is 23.7. The summed E-state index contributed by atoms with van der Waals surface area (Å²) in [5.41, 5.74) is 0.869. The van der Waals surface area contributed by atoms with Crippen molar-refractivity contribution < 1.29 is 9.72 Å². The van der Waals surface area contributed by atoms with Gasteiger partial charge in [-0.05, 0) is 55.9 Å². The summed E-state index contributed by atoms with van der Waals surface area (Å²) in [6.45, 7) is 0.527. The monoisotopic (exact) mass is 482 g/mol. The average molecular weight is 483 g/mol. The molecule has 178 valence electrons. The van der Waals surface area contributed by atoms with Gasteiger partial charge in [-0.3, -0.25) is 14.9 Å². The van der Waals surface area contributed by atoms with Gasteiger partial charge in [0.05, 0.1) is 10.4 Å². The highest BCUT2D eigenvalue weighted by atomic mass is 35.5. The number of para-hydroxylation sites is 1. The Labute approximate surface area is 202 Å². The van der Waals surface area contributed by atoms with E-state index in [2.05, 4.69) is 15.6 Å². The van der Waals surface area contributed by atoms with Gasteiger partial charge in [0.2, 0.25) is 5.95 Å². The fraction of sp³-hybridized carbons (Fsp3) is 0.375. The first-order valence-electron chi connectivity index (χ1n) is 11.2. The van der Waals surface area contributed by atoms with Crippen LogP contribution in [0.5, 0.6) is 0 Å². The quantitative estimate of drug-likeness (QED) is 0.372. The van der Waals surface area contributed by atoms with Crippen molar-refractivity contribution in [3.8, 4) is 0 Å². The molecule has 0 unspecified atom stereocenters. The third-order valence-electron chi connectivity index (χ3n) is 6.14. The molecule has 1 aliphatic rings. The number of carbonyl (C=O) groups is 1. The minimum absolute atomic E-state index is 0.0143. The highest BCUT2D eigenvalue weighted by molar-refractivity contribution is 6.32. The molecule has 1 amide bonds. The van der Waals surface area contributed by atoms with Crippen molar-refractivity contribution in [2.75, 3.05) is 30.9 Å². The summed E-state index contributed by atoms with van der Waals surface area (Å²) in [6.07, 6.45) is 3.79. The molecule has 1 saturated carbocycles. The second-order valence-corrected chi connectivity index (χ2v) is 9.18. The molecule has 34 heavy (non-hydrogen) atoms. The smallest absolute Gasteiger partial charge is 0.288 e. The summed E-state index contributed by atoms with van der Waals surface area (Å²) in [7, 11) is 3.95. The highest BCUT2D eigenvalue weighted by Crippen LogP contribution is 2.29. The molecule has 0 atom stereocenters. The van der Waals surface area contributed by atoms with E-state index in [1.165, 1.54) is 18.2 Å². The van der Waals surface area contributed by atoms with E-state index in [9.17, 15) is 14.9 Å². The fourth-order valence-corrected chi connectivity index (χ4v) is 4.48.